The molecule has 1 aromatic carbocycles. The van der Waals surface area contributed by atoms with E-state index in [1.807, 2.05) is 12.1 Å². The minimum Gasteiger partial charge on any atom is -0.480 e. The summed E-state index contributed by atoms with van der Waals surface area (Å²) in [4.78, 5) is 34.6. The second-order valence-corrected chi connectivity index (χ2v) is 6.85. The van der Waals surface area contributed by atoms with Crippen LogP contribution >= 0.6 is 0 Å². The molecule has 26 heavy (non-hydrogen) atoms. The number of carbonyl (C=O) groups excluding carboxylic acids is 2. The van der Waals surface area contributed by atoms with E-state index in [9.17, 15) is 19.5 Å². The molecule has 0 spiro atoms. The zero-order valence-corrected chi connectivity index (χ0v) is 15.7. The molecule has 0 heterocycles. The SMILES string of the molecule is CCOC(=O)c1ccc(CCCC(NC(=O)OC(C)(C)C)C(=O)O)cc1. The predicted molar refractivity (Wildman–Crippen MR) is 96.1 cm³/mol. The van der Waals surface area contributed by atoms with Crippen molar-refractivity contribution in [2.75, 3.05) is 6.61 Å². The molecular weight excluding hydrogens is 338 g/mol. The van der Waals surface area contributed by atoms with Crippen molar-refractivity contribution < 1.29 is 29.0 Å². The molecule has 7 heteroatoms. The Morgan fingerprint density at radius 1 is 1.15 bits per heavy atom. The first-order valence-electron chi connectivity index (χ1n) is 8.60. The number of esters is 1. The van der Waals surface area contributed by atoms with Gasteiger partial charge in [-0.3, -0.25) is 0 Å². The van der Waals surface area contributed by atoms with Crippen LogP contribution in [0.2, 0.25) is 0 Å². The number of aryl methyl sites for hydroxylation is 1. The van der Waals surface area contributed by atoms with Gasteiger partial charge in [0.1, 0.15) is 11.6 Å². The van der Waals surface area contributed by atoms with Crippen LogP contribution in [-0.2, 0) is 20.7 Å². The number of amides is 1. The Labute approximate surface area is 153 Å². The van der Waals surface area contributed by atoms with Crippen LogP contribution in [0.25, 0.3) is 0 Å². The number of hydrogen-bond acceptors (Lipinski definition) is 5. The van der Waals surface area contributed by atoms with E-state index in [1.54, 1.807) is 39.8 Å². The van der Waals surface area contributed by atoms with Gasteiger partial charge in [-0.25, -0.2) is 14.4 Å². The van der Waals surface area contributed by atoms with E-state index in [1.165, 1.54) is 0 Å². The van der Waals surface area contributed by atoms with Crippen LogP contribution < -0.4 is 5.32 Å². The van der Waals surface area contributed by atoms with Gasteiger partial charge < -0.3 is 19.9 Å². The maximum Gasteiger partial charge on any atom is 0.408 e. The highest BCUT2D eigenvalue weighted by atomic mass is 16.6. The summed E-state index contributed by atoms with van der Waals surface area (Å²) in [7, 11) is 0. The third kappa shape index (κ3) is 8.00. The molecule has 1 atom stereocenters. The van der Waals surface area contributed by atoms with Gasteiger partial charge in [-0.15, -0.1) is 0 Å². The number of carboxylic acid groups (broad SMARTS) is 1. The number of ether oxygens (including phenoxy) is 2. The maximum atomic E-state index is 11.7. The Morgan fingerprint density at radius 3 is 2.27 bits per heavy atom. The molecule has 0 saturated carbocycles. The lowest BCUT2D eigenvalue weighted by Gasteiger charge is -2.22. The quantitative estimate of drug-likeness (QED) is 0.686. The van der Waals surface area contributed by atoms with Crippen LogP contribution in [-0.4, -0.2) is 41.4 Å². The molecule has 1 rings (SSSR count). The number of nitrogens with one attached hydrogen (secondary N) is 1. The number of carboxylic acids is 1. The van der Waals surface area contributed by atoms with Crippen LogP contribution in [0, 0.1) is 0 Å². The summed E-state index contributed by atoms with van der Waals surface area (Å²) in [6.45, 7) is 7.20. The lowest BCUT2D eigenvalue weighted by atomic mass is 10.0. The Bertz CT molecular complexity index is 618. The Morgan fingerprint density at radius 2 is 1.77 bits per heavy atom. The monoisotopic (exact) mass is 365 g/mol. The van der Waals surface area contributed by atoms with E-state index in [0.717, 1.165) is 5.56 Å². The van der Waals surface area contributed by atoms with E-state index >= 15 is 0 Å². The van der Waals surface area contributed by atoms with Crippen molar-refractivity contribution in [2.45, 2.75) is 58.6 Å². The molecule has 0 aliphatic heterocycles. The van der Waals surface area contributed by atoms with Gasteiger partial charge in [-0.2, -0.15) is 0 Å². The number of aliphatic carboxylic acids is 1. The average Bonchev–Trinajstić information content (AvgIpc) is 2.53. The van der Waals surface area contributed by atoms with Crippen molar-refractivity contribution in [1.29, 1.82) is 0 Å². The first kappa shape index (κ1) is 21.5. The molecule has 0 fully saturated rings. The summed E-state index contributed by atoms with van der Waals surface area (Å²) in [6.07, 6.45) is 0.714. The highest BCUT2D eigenvalue weighted by Gasteiger charge is 2.23. The molecule has 1 unspecified atom stereocenters. The van der Waals surface area contributed by atoms with Crippen molar-refractivity contribution in [2.24, 2.45) is 0 Å². The third-order valence-electron chi connectivity index (χ3n) is 3.41. The second kappa shape index (κ2) is 9.79. The first-order valence-corrected chi connectivity index (χ1v) is 8.60. The summed E-state index contributed by atoms with van der Waals surface area (Å²) < 4.78 is 10.0. The van der Waals surface area contributed by atoms with Crippen molar-refractivity contribution in [3.63, 3.8) is 0 Å². The van der Waals surface area contributed by atoms with Crippen molar-refractivity contribution in [3.05, 3.63) is 35.4 Å². The zero-order valence-electron chi connectivity index (χ0n) is 15.7. The van der Waals surface area contributed by atoms with Gasteiger partial charge in [0.15, 0.2) is 0 Å². The average molecular weight is 365 g/mol. The summed E-state index contributed by atoms with van der Waals surface area (Å²) in [6, 6.07) is 5.97. The van der Waals surface area contributed by atoms with Gasteiger partial charge >= 0.3 is 18.0 Å². The normalized spacial score (nSPS) is 12.2. The van der Waals surface area contributed by atoms with E-state index in [0.29, 0.717) is 25.0 Å². The summed E-state index contributed by atoms with van der Waals surface area (Å²) >= 11 is 0. The van der Waals surface area contributed by atoms with Crippen molar-refractivity contribution >= 4 is 18.0 Å². The highest BCUT2D eigenvalue weighted by Crippen LogP contribution is 2.11. The molecule has 0 aliphatic rings. The van der Waals surface area contributed by atoms with Gasteiger partial charge in [0.2, 0.25) is 0 Å². The van der Waals surface area contributed by atoms with Gasteiger partial charge in [0, 0.05) is 0 Å². The maximum absolute atomic E-state index is 11.7. The molecule has 7 nitrogen and oxygen atoms in total. The summed E-state index contributed by atoms with van der Waals surface area (Å²) in [5.74, 6) is -1.47. The van der Waals surface area contributed by atoms with Crippen LogP contribution in [0.4, 0.5) is 4.79 Å². The summed E-state index contributed by atoms with van der Waals surface area (Å²) in [5.41, 5.74) is 0.762. The number of carbonyl (C=O) groups is 3. The molecule has 0 radical (unpaired) electrons. The van der Waals surface area contributed by atoms with E-state index in [2.05, 4.69) is 5.32 Å². The minimum absolute atomic E-state index is 0.272. The van der Waals surface area contributed by atoms with Crippen molar-refractivity contribution in [1.82, 2.24) is 5.32 Å². The molecule has 0 saturated heterocycles. The molecule has 1 aromatic rings. The van der Waals surface area contributed by atoms with E-state index < -0.39 is 23.7 Å². The fraction of sp³-hybridized carbons (Fsp3) is 0.526. The highest BCUT2D eigenvalue weighted by molar-refractivity contribution is 5.89. The third-order valence-corrected chi connectivity index (χ3v) is 3.41. The second-order valence-electron chi connectivity index (χ2n) is 6.85. The number of benzene rings is 1. The van der Waals surface area contributed by atoms with Crippen LogP contribution in [0.1, 0.15) is 56.5 Å². The van der Waals surface area contributed by atoms with Gasteiger partial charge in [0.05, 0.1) is 12.2 Å². The first-order chi connectivity index (χ1) is 12.1. The van der Waals surface area contributed by atoms with Crippen LogP contribution in [0.5, 0.6) is 0 Å². The molecule has 144 valence electrons. The Kier molecular flexibility index (Phi) is 8.09. The lowest BCUT2D eigenvalue weighted by molar-refractivity contribution is -0.139. The number of hydrogen-bond donors (Lipinski definition) is 2. The van der Waals surface area contributed by atoms with Gasteiger partial charge in [-0.05, 0) is 64.7 Å². The molecule has 2 N–H and O–H groups in total. The smallest absolute Gasteiger partial charge is 0.408 e. The number of rotatable bonds is 8. The largest absolute Gasteiger partial charge is 0.480 e. The molecule has 0 aliphatic carbocycles. The Hall–Kier alpha value is -2.57. The molecule has 1 amide bonds. The Balaban J connectivity index is 2.51. The topological polar surface area (TPSA) is 102 Å². The molecular formula is C19H27NO6. The molecule has 0 aromatic heterocycles. The molecule has 0 bridgehead atoms. The zero-order chi connectivity index (χ0) is 19.7. The minimum atomic E-state index is -1.10. The fourth-order valence-electron chi connectivity index (χ4n) is 2.24. The van der Waals surface area contributed by atoms with Crippen LogP contribution in [0.3, 0.4) is 0 Å². The van der Waals surface area contributed by atoms with Gasteiger partial charge in [0.25, 0.3) is 0 Å². The van der Waals surface area contributed by atoms with Gasteiger partial charge in [-0.1, -0.05) is 12.1 Å². The van der Waals surface area contributed by atoms with E-state index in [-0.39, 0.29) is 12.4 Å². The fourth-order valence-corrected chi connectivity index (χ4v) is 2.24. The standard InChI is InChI=1S/C19H27NO6/c1-5-25-17(23)14-11-9-13(10-12-14)7-6-8-15(16(21)22)20-18(24)26-19(2,3)4/h9-12,15H,5-8H2,1-4H3,(H,20,24)(H,21,22). The van der Waals surface area contributed by atoms with E-state index in [4.69, 9.17) is 9.47 Å². The predicted octanol–water partition coefficient (Wildman–Crippen LogP) is 3.16. The van der Waals surface area contributed by atoms with Crippen molar-refractivity contribution in [3.8, 4) is 0 Å². The lowest BCUT2D eigenvalue weighted by Crippen LogP contribution is -2.43. The van der Waals surface area contributed by atoms with Crippen LogP contribution in [0.15, 0.2) is 24.3 Å². The summed E-state index contributed by atoms with van der Waals surface area (Å²) in [5, 5.41) is 11.6. The number of alkyl carbamates (subject to hydrolysis) is 1.